The predicted octanol–water partition coefficient (Wildman–Crippen LogP) is 1.06. The molecule has 1 heterocycles. The quantitative estimate of drug-likeness (QED) is 0.706. The van der Waals surface area contributed by atoms with Crippen LogP contribution in [0.3, 0.4) is 0 Å². The highest BCUT2D eigenvalue weighted by molar-refractivity contribution is 7.89. The van der Waals surface area contributed by atoms with E-state index in [0.717, 1.165) is 39.0 Å². The van der Waals surface area contributed by atoms with Crippen LogP contribution in [0.2, 0.25) is 0 Å². The van der Waals surface area contributed by atoms with E-state index in [0.29, 0.717) is 17.3 Å². The Morgan fingerprint density at radius 1 is 1.33 bits per heavy atom. The summed E-state index contributed by atoms with van der Waals surface area (Å²) in [6.45, 7) is 6.22. The number of primary sulfonamides is 1. The maximum Gasteiger partial charge on any atom is 0.240 e. The number of nitrogens with one attached hydrogen (secondary N) is 1. The number of anilines is 2. The van der Waals surface area contributed by atoms with Crippen LogP contribution in [0.15, 0.2) is 23.1 Å². The summed E-state index contributed by atoms with van der Waals surface area (Å²) in [7, 11) is -3.77. The first-order valence-electron chi connectivity index (χ1n) is 7.28. The lowest BCUT2D eigenvalue weighted by molar-refractivity contribution is 0.198. The van der Waals surface area contributed by atoms with Gasteiger partial charge in [-0.25, -0.2) is 13.6 Å². The van der Waals surface area contributed by atoms with Gasteiger partial charge >= 0.3 is 0 Å². The van der Waals surface area contributed by atoms with Gasteiger partial charge in [-0.1, -0.05) is 6.92 Å². The fourth-order valence-electron chi connectivity index (χ4n) is 2.68. The number of nitrogens with zero attached hydrogens (tertiary/aromatic N) is 1. The van der Waals surface area contributed by atoms with E-state index in [1.165, 1.54) is 6.07 Å². The smallest absolute Gasteiger partial charge is 0.240 e. The van der Waals surface area contributed by atoms with E-state index in [2.05, 4.69) is 17.1 Å². The van der Waals surface area contributed by atoms with Gasteiger partial charge in [0.1, 0.15) is 4.90 Å². The second kappa shape index (κ2) is 6.64. The minimum atomic E-state index is -3.77. The molecular weight excluding hydrogens is 288 g/mol. The predicted molar refractivity (Wildman–Crippen MR) is 85.6 cm³/mol. The molecule has 0 bridgehead atoms. The second-order valence-corrected chi connectivity index (χ2v) is 7.09. The largest absolute Gasteiger partial charge is 0.399 e. The number of benzene rings is 1. The average Bonchev–Trinajstić information content (AvgIpc) is 2.45. The van der Waals surface area contributed by atoms with E-state index in [1.807, 2.05) is 0 Å². The molecule has 6 nitrogen and oxygen atoms in total. The van der Waals surface area contributed by atoms with Crippen molar-refractivity contribution in [2.45, 2.75) is 24.7 Å². The van der Waals surface area contributed by atoms with Crippen molar-refractivity contribution < 1.29 is 8.42 Å². The number of sulfonamides is 1. The fraction of sp³-hybridized carbons (Fsp3) is 0.571. The Morgan fingerprint density at radius 2 is 2.00 bits per heavy atom. The van der Waals surface area contributed by atoms with Gasteiger partial charge in [0.2, 0.25) is 10.0 Å². The Morgan fingerprint density at radius 3 is 2.57 bits per heavy atom. The van der Waals surface area contributed by atoms with Gasteiger partial charge in [0.05, 0.1) is 5.69 Å². The number of rotatable bonds is 5. The molecule has 1 saturated heterocycles. The minimum absolute atomic E-state index is 0.0634. The van der Waals surface area contributed by atoms with Crippen LogP contribution in [0.25, 0.3) is 0 Å². The van der Waals surface area contributed by atoms with Crippen LogP contribution in [-0.4, -0.2) is 39.5 Å². The molecule has 21 heavy (non-hydrogen) atoms. The summed E-state index contributed by atoms with van der Waals surface area (Å²) in [4.78, 5) is 2.49. The first kappa shape index (κ1) is 16.1. The number of hydrogen-bond donors (Lipinski definition) is 3. The maximum absolute atomic E-state index is 11.6. The Kier molecular flexibility index (Phi) is 5.08. The molecule has 0 aromatic heterocycles. The van der Waals surface area contributed by atoms with Gasteiger partial charge in [-0.05, 0) is 56.6 Å². The van der Waals surface area contributed by atoms with E-state index in [4.69, 9.17) is 10.9 Å². The van der Waals surface area contributed by atoms with Crippen molar-refractivity contribution in [2.24, 2.45) is 11.1 Å². The molecule has 2 rings (SSSR count). The van der Waals surface area contributed by atoms with Gasteiger partial charge in [0.25, 0.3) is 0 Å². The van der Waals surface area contributed by atoms with Crippen LogP contribution >= 0.6 is 0 Å². The SMILES string of the molecule is CCN1CCC(CNc2ccc(N)cc2S(N)(=O)=O)CC1. The van der Waals surface area contributed by atoms with Crippen molar-refractivity contribution in [3.8, 4) is 0 Å². The number of hydrogen-bond acceptors (Lipinski definition) is 5. The van der Waals surface area contributed by atoms with Crippen LogP contribution in [0.5, 0.6) is 0 Å². The summed E-state index contributed by atoms with van der Waals surface area (Å²) in [5.41, 5.74) is 6.56. The van der Waals surface area contributed by atoms with Gasteiger partial charge in [0.15, 0.2) is 0 Å². The summed E-state index contributed by atoms with van der Waals surface area (Å²) in [6.07, 6.45) is 2.25. The summed E-state index contributed by atoms with van der Waals surface area (Å²) >= 11 is 0. The van der Waals surface area contributed by atoms with Gasteiger partial charge in [-0.2, -0.15) is 0 Å². The standard InChI is InChI=1S/C14H24N4O2S/c1-2-18-7-5-11(6-8-18)10-17-13-4-3-12(15)9-14(13)21(16,19)20/h3-4,9,11,17H,2,5-8,10,15H2,1H3,(H2,16,19,20). The Labute approximate surface area is 126 Å². The van der Waals surface area contributed by atoms with Crippen LogP contribution < -0.4 is 16.2 Å². The number of piperidine rings is 1. The van der Waals surface area contributed by atoms with E-state index in [9.17, 15) is 8.42 Å². The van der Waals surface area contributed by atoms with Crippen molar-refractivity contribution in [1.29, 1.82) is 0 Å². The lowest BCUT2D eigenvalue weighted by Crippen LogP contribution is -2.35. The lowest BCUT2D eigenvalue weighted by atomic mass is 9.97. The Balaban J connectivity index is 2.01. The zero-order valence-corrected chi connectivity index (χ0v) is 13.2. The lowest BCUT2D eigenvalue weighted by Gasteiger charge is -2.31. The summed E-state index contributed by atoms with van der Waals surface area (Å²) < 4.78 is 23.2. The molecule has 0 radical (unpaired) electrons. The number of likely N-dealkylation sites (tertiary alicyclic amines) is 1. The molecule has 0 saturated carbocycles. The van der Waals surface area contributed by atoms with Gasteiger partial charge < -0.3 is 16.0 Å². The Bertz CT molecular complexity index is 581. The highest BCUT2D eigenvalue weighted by atomic mass is 32.2. The first-order chi connectivity index (χ1) is 9.90. The highest BCUT2D eigenvalue weighted by Gasteiger charge is 2.19. The molecule has 1 fully saturated rings. The molecular formula is C14H24N4O2S. The molecule has 1 aliphatic heterocycles. The second-order valence-electron chi connectivity index (χ2n) is 5.56. The monoisotopic (exact) mass is 312 g/mol. The van der Waals surface area contributed by atoms with E-state index >= 15 is 0 Å². The third kappa shape index (κ3) is 4.33. The highest BCUT2D eigenvalue weighted by Crippen LogP contribution is 2.24. The molecule has 118 valence electrons. The van der Waals surface area contributed by atoms with E-state index in [1.54, 1.807) is 12.1 Å². The first-order valence-corrected chi connectivity index (χ1v) is 8.83. The van der Waals surface area contributed by atoms with Crippen LogP contribution in [0.1, 0.15) is 19.8 Å². The van der Waals surface area contributed by atoms with Crippen LogP contribution in [-0.2, 0) is 10.0 Å². The average molecular weight is 312 g/mol. The van der Waals surface area contributed by atoms with Crippen molar-refractivity contribution in [2.75, 3.05) is 37.2 Å². The molecule has 0 aliphatic carbocycles. The van der Waals surface area contributed by atoms with Crippen molar-refractivity contribution in [1.82, 2.24) is 4.90 Å². The fourth-order valence-corrected chi connectivity index (χ4v) is 3.43. The molecule has 1 aromatic rings. The third-order valence-electron chi connectivity index (χ3n) is 4.05. The third-order valence-corrected chi connectivity index (χ3v) is 5.00. The molecule has 0 atom stereocenters. The van der Waals surface area contributed by atoms with Crippen LogP contribution in [0, 0.1) is 5.92 Å². The summed E-state index contributed by atoms with van der Waals surface area (Å²) in [5.74, 6) is 0.554. The molecule has 0 unspecified atom stereocenters. The maximum atomic E-state index is 11.6. The summed E-state index contributed by atoms with van der Waals surface area (Å²) in [5, 5.41) is 8.46. The van der Waals surface area contributed by atoms with Crippen molar-refractivity contribution in [3.63, 3.8) is 0 Å². The van der Waals surface area contributed by atoms with Gasteiger partial charge in [-0.3, -0.25) is 0 Å². The van der Waals surface area contributed by atoms with Gasteiger partial charge in [-0.15, -0.1) is 0 Å². The minimum Gasteiger partial charge on any atom is -0.399 e. The zero-order valence-electron chi connectivity index (χ0n) is 12.4. The topological polar surface area (TPSA) is 101 Å². The number of nitrogens with two attached hydrogens (primary N) is 2. The van der Waals surface area contributed by atoms with Gasteiger partial charge in [0, 0.05) is 12.2 Å². The van der Waals surface area contributed by atoms with Crippen molar-refractivity contribution >= 4 is 21.4 Å². The molecule has 0 amide bonds. The van der Waals surface area contributed by atoms with E-state index in [-0.39, 0.29) is 4.90 Å². The molecule has 1 aromatic carbocycles. The molecule has 7 heteroatoms. The number of nitrogen functional groups attached to an aromatic ring is 1. The summed E-state index contributed by atoms with van der Waals surface area (Å²) in [6, 6.07) is 4.75. The molecule has 5 N–H and O–H groups in total. The molecule has 1 aliphatic rings. The van der Waals surface area contributed by atoms with E-state index < -0.39 is 10.0 Å². The van der Waals surface area contributed by atoms with Crippen molar-refractivity contribution in [3.05, 3.63) is 18.2 Å². The Hall–Kier alpha value is -1.31. The van der Waals surface area contributed by atoms with Crippen LogP contribution in [0.4, 0.5) is 11.4 Å². The zero-order chi connectivity index (χ0) is 15.5. The molecule has 0 spiro atoms. The normalized spacial score (nSPS) is 17.8.